The first kappa shape index (κ1) is 28.8. The van der Waals surface area contributed by atoms with Crippen molar-refractivity contribution in [2.45, 2.75) is 46.4 Å². The molecule has 1 aliphatic heterocycles. The Morgan fingerprint density at radius 1 is 1.24 bits per heavy atom. The number of alkyl halides is 1. The third-order valence-electron chi connectivity index (χ3n) is 6.95. The number of carbonyl (C=O) groups excluding carboxylic acids is 1. The largest absolute Gasteiger partial charge is 0.380 e. The van der Waals surface area contributed by atoms with E-state index in [4.69, 9.17) is 0 Å². The lowest BCUT2D eigenvalue weighted by atomic mass is 10.0. The summed E-state index contributed by atoms with van der Waals surface area (Å²) in [4.78, 5) is 19.8. The first-order valence-corrected chi connectivity index (χ1v) is 14.1. The van der Waals surface area contributed by atoms with E-state index < -0.39 is 6.67 Å². The molecule has 0 spiro atoms. The Morgan fingerprint density at radius 2 is 2.00 bits per heavy atom. The summed E-state index contributed by atoms with van der Waals surface area (Å²) in [5, 5.41) is 6.56. The van der Waals surface area contributed by atoms with E-state index in [2.05, 4.69) is 58.6 Å². The monoisotopic (exact) mass is 524 g/mol. The standard InChI is InChI=1S/C30H41FN4OS/c1-7-10-23(20(4)17-31)19-37-25-11-12-27-26(16-25)24(18-33-27)15-28-21(5)29(22(6)34-28)30(36)32-13-14-35(8-2)9-3/h7,10-12,15-16,33-34H,8-9,13-14,17-19H2,1-6H3,(H,32,36)/b10-7-,23-20-,24-15+. The van der Waals surface area contributed by atoms with E-state index in [0.717, 1.165) is 76.2 Å². The third-order valence-corrected chi connectivity index (χ3v) is 7.99. The van der Waals surface area contributed by atoms with Crippen molar-refractivity contribution in [2.75, 3.05) is 50.5 Å². The van der Waals surface area contributed by atoms with Crippen molar-refractivity contribution in [2.24, 2.45) is 0 Å². The summed E-state index contributed by atoms with van der Waals surface area (Å²) in [6, 6.07) is 6.43. The number of H-pyrrole nitrogens is 1. The number of rotatable bonds is 12. The molecule has 37 heavy (non-hydrogen) atoms. The van der Waals surface area contributed by atoms with Crippen LogP contribution in [0.2, 0.25) is 0 Å². The topological polar surface area (TPSA) is 60.2 Å². The maximum atomic E-state index is 13.2. The molecule has 2 heterocycles. The van der Waals surface area contributed by atoms with Gasteiger partial charge < -0.3 is 20.5 Å². The lowest BCUT2D eigenvalue weighted by Crippen LogP contribution is -2.35. The van der Waals surface area contributed by atoms with Crippen molar-refractivity contribution in [1.82, 2.24) is 15.2 Å². The van der Waals surface area contributed by atoms with Gasteiger partial charge in [-0.15, -0.1) is 11.8 Å². The molecule has 1 amide bonds. The van der Waals surface area contributed by atoms with E-state index in [1.807, 2.05) is 39.8 Å². The van der Waals surface area contributed by atoms with Crippen LogP contribution in [-0.2, 0) is 0 Å². The number of nitrogens with one attached hydrogen (secondary N) is 3. The SMILES string of the molecule is C/C=C\C(CSc1ccc2c(c1)/C(=C/c1[nH]c(C)c(C(=O)NCCN(CC)CC)c1C)CN2)=C(/C)CF. The maximum absolute atomic E-state index is 13.2. The molecule has 5 nitrogen and oxygen atoms in total. The van der Waals surface area contributed by atoms with Crippen LogP contribution in [0.3, 0.4) is 0 Å². The number of allylic oxidation sites excluding steroid dienone is 3. The van der Waals surface area contributed by atoms with Crippen molar-refractivity contribution >= 4 is 35.0 Å². The Labute approximate surface area is 225 Å². The number of aryl methyl sites for hydroxylation is 1. The Bertz CT molecular complexity index is 1190. The van der Waals surface area contributed by atoms with Gasteiger partial charge in [-0.25, -0.2) is 4.39 Å². The van der Waals surface area contributed by atoms with Crippen LogP contribution in [0.25, 0.3) is 11.6 Å². The minimum atomic E-state index is -0.425. The number of aromatic amines is 1. The zero-order valence-corrected chi connectivity index (χ0v) is 23.9. The number of halogens is 1. The van der Waals surface area contributed by atoms with Gasteiger partial charge in [-0.2, -0.15) is 0 Å². The number of benzene rings is 1. The number of amides is 1. The molecule has 0 unspecified atom stereocenters. The first-order chi connectivity index (χ1) is 17.8. The highest BCUT2D eigenvalue weighted by molar-refractivity contribution is 7.99. The minimum Gasteiger partial charge on any atom is -0.380 e. The van der Waals surface area contributed by atoms with Crippen LogP contribution in [0.1, 0.15) is 60.6 Å². The zero-order chi connectivity index (χ0) is 26.9. The van der Waals surface area contributed by atoms with Crippen LogP contribution < -0.4 is 10.6 Å². The van der Waals surface area contributed by atoms with Gasteiger partial charge in [0.05, 0.1) is 5.56 Å². The second-order valence-electron chi connectivity index (χ2n) is 9.40. The van der Waals surface area contributed by atoms with Crippen molar-refractivity contribution < 1.29 is 9.18 Å². The number of anilines is 1. The molecular weight excluding hydrogens is 483 g/mol. The Morgan fingerprint density at radius 3 is 2.68 bits per heavy atom. The molecule has 1 aliphatic rings. The summed E-state index contributed by atoms with van der Waals surface area (Å²) in [6.45, 7) is 15.8. The van der Waals surface area contributed by atoms with Gasteiger partial charge in [0.25, 0.3) is 5.91 Å². The molecule has 3 N–H and O–H groups in total. The van der Waals surface area contributed by atoms with E-state index in [1.54, 1.807) is 11.8 Å². The van der Waals surface area contributed by atoms with Crippen molar-refractivity contribution in [3.8, 4) is 0 Å². The number of fused-ring (bicyclic) bond motifs is 1. The third kappa shape index (κ3) is 7.17. The quantitative estimate of drug-likeness (QED) is 0.216. The maximum Gasteiger partial charge on any atom is 0.253 e. The van der Waals surface area contributed by atoms with Gasteiger partial charge >= 0.3 is 0 Å². The summed E-state index contributed by atoms with van der Waals surface area (Å²) < 4.78 is 13.2. The molecule has 3 rings (SSSR count). The van der Waals surface area contributed by atoms with Gasteiger partial charge in [-0.1, -0.05) is 26.0 Å². The second-order valence-corrected chi connectivity index (χ2v) is 10.5. The van der Waals surface area contributed by atoms with Crippen molar-refractivity contribution in [3.63, 3.8) is 0 Å². The van der Waals surface area contributed by atoms with Crippen molar-refractivity contribution in [1.29, 1.82) is 0 Å². The van der Waals surface area contributed by atoms with Crippen LogP contribution in [0, 0.1) is 13.8 Å². The van der Waals surface area contributed by atoms with Crippen molar-refractivity contribution in [3.05, 3.63) is 69.6 Å². The number of nitrogens with zero attached hydrogens (tertiary/aromatic N) is 1. The molecule has 7 heteroatoms. The van der Waals surface area contributed by atoms with Gasteiger partial charge in [0, 0.05) is 52.9 Å². The van der Waals surface area contributed by atoms with Gasteiger partial charge in [-0.3, -0.25) is 4.79 Å². The summed E-state index contributed by atoms with van der Waals surface area (Å²) >= 11 is 1.72. The van der Waals surface area contributed by atoms with Gasteiger partial charge in [-0.05, 0) is 87.3 Å². The van der Waals surface area contributed by atoms with Crippen LogP contribution >= 0.6 is 11.8 Å². The van der Waals surface area contributed by atoms with Gasteiger partial charge in [0.15, 0.2) is 0 Å². The molecule has 0 fully saturated rings. The number of likely N-dealkylation sites (N-methyl/N-ethyl adjacent to an activating group) is 1. The molecule has 0 atom stereocenters. The summed E-state index contributed by atoms with van der Waals surface area (Å²) in [7, 11) is 0. The average Bonchev–Trinajstić information content (AvgIpc) is 3.42. The van der Waals surface area contributed by atoms with E-state index in [1.165, 1.54) is 11.1 Å². The highest BCUT2D eigenvalue weighted by Crippen LogP contribution is 2.36. The Hall–Kier alpha value is -2.77. The molecule has 0 radical (unpaired) electrons. The van der Waals surface area contributed by atoms with Crippen LogP contribution in [0.15, 0.2) is 46.4 Å². The fraction of sp³-hybridized carbons (Fsp3) is 0.433. The Kier molecular flexibility index (Phi) is 10.6. The predicted molar refractivity (Wildman–Crippen MR) is 157 cm³/mol. The van der Waals surface area contributed by atoms with Crippen LogP contribution in [0.5, 0.6) is 0 Å². The molecule has 0 saturated heterocycles. The van der Waals surface area contributed by atoms with Crippen LogP contribution in [0.4, 0.5) is 10.1 Å². The van der Waals surface area contributed by atoms with E-state index in [9.17, 15) is 9.18 Å². The summed E-state index contributed by atoms with van der Waals surface area (Å²) in [5.74, 6) is 0.702. The molecule has 200 valence electrons. The number of hydrogen-bond donors (Lipinski definition) is 3. The molecule has 1 aromatic carbocycles. The normalized spacial score (nSPS) is 14.9. The Balaban J connectivity index is 1.77. The summed E-state index contributed by atoms with van der Waals surface area (Å²) in [5.41, 5.74) is 8.80. The average molecular weight is 525 g/mol. The number of thioether (sulfide) groups is 1. The number of hydrogen-bond acceptors (Lipinski definition) is 4. The van der Waals surface area contributed by atoms with E-state index in [-0.39, 0.29) is 5.91 Å². The van der Waals surface area contributed by atoms with Gasteiger partial charge in [0.2, 0.25) is 0 Å². The molecule has 0 saturated carbocycles. The fourth-order valence-electron chi connectivity index (χ4n) is 4.60. The molecule has 2 aromatic rings. The molecule has 0 aliphatic carbocycles. The van der Waals surface area contributed by atoms with Gasteiger partial charge in [0.1, 0.15) is 6.67 Å². The van der Waals surface area contributed by atoms with E-state index in [0.29, 0.717) is 6.54 Å². The van der Waals surface area contributed by atoms with Crippen LogP contribution in [-0.4, -0.2) is 60.9 Å². The van der Waals surface area contributed by atoms with E-state index >= 15 is 0 Å². The number of aromatic nitrogens is 1. The fourth-order valence-corrected chi connectivity index (χ4v) is 5.63. The molecule has 1 aromatic heterocycles. The molecule has 0 bridgehead atoms. The first-order valence-electron chi connectivity index (χ1n) is 13.1. The highest BCUT2D eigenvalue weighted by Gasteiger charge is 2.20. The lowest BCUT2D eigenvalue weighted by molar-refractivity contribution is 0.0948. The summed E-state index contributed by atoms with van der Waals surface area (Å²) in [6.07, 6.45) is 6.11. The second kappa shape index (κ2) is 13.7. The molecular formula is C30H41FN4OS. The lowest BCUT2D eigenvalue weighted by Gasteiger charge is -2.18. The minimum absolute atomic E-state index is 0.0275. The number of carbonyl (C=O) groups is 1. The predicted octanol–water partition coefficient (Wildman–Crippen LogP) is 6.62. The smallest absolute Gasteiger partial charge is 0.253 e. The zero-order valence-electron chi connectivity index (χ0n) is 23.1. The highest BCUT2D eigenvalue weighted by atomic mass is 32.2.